The molecule has 6 rings (SSSR count). The molecule has 3 aromatic carbocycles. The van der Waals surface area contributed by atoms with Crippen molar-refractivity contribution in [2.45, 2.75) is 43.5 Å². The van der Waals surface area contributed by atoms with Gasteiger partial charge >= 0.3 is 0 Å². The second kappa shape index (κ2) is 7.18. The van der Waals surface area contributed by atoms with Crippen LogP contribution in [0.5, 0.6) is 0 Å². The Kier molecular flexibility index (Phi) is 4.38. The fourth-order valence-electron chi connectivity index (χ4n) is 5.98. The van der Waals surface area contributed by atoms with Crippen LogP contribution >= 0.6 is 0 Å². The minimum Gasteiger partial charge on any atom is -0.461 e. The van der Waals surface area contributed by atoms with Crippen LogP contribution in [0.1, 0.15) is 48.8 Å². The van der Waals surface area contributed by atoms with Gasteiger partial charge in [0.15, 0.2) is 0 Å². The van der Waals surface area contributed by atoms with Gasteiger partial charge in [0.1, 0.15) is 22.6 Å². The molecule has 3 aliphatic rings. The van der Waals surface area contributed by atoms with Crippen LogP contribution in [0.25, 0.3) is 5.76 Å². The quantitative estimate of drug-likeness (QED) is 0.501. The molecular formula is C29H26O3. The molecule has 3 nitrogen and oxygen atoms in total. The molecule has 0 radical (unpaired) electrons. The molecule has 160 valence electrons. The second-order valence-electron chi connectivity index (χ2n) is 9.19. The lowest BCUT2D eigenvalue weighted by Gasteiger charge is -2.48. The van der Waals surface area contributed by atoms with E-state index >= 15 is 0 Å². The van der Waals surface area contributed by atoms with Gasteiger partial charge in [-0.25, -0.2) is 0 Å². The first-order chi connectivity index (χ1) is 15.7. The van der Waals surface area contributed by atoms with Crippen LogP contribution < -0.4 is 0 Å². The Bertz CT molecular complexity index is 1130. The van der Waals surface area contributed by atoms with E-state index in [1.54, 1.807) is 0 Å². The van der Waals surface area contributed by atoms with Crippen LogP contribution in [-0.2, 0) is 19.9 Å². The van der Waals surface area contributed by atoms with E-state index in [1.807, 2.05) is 54.6 Å². The van der Waals surface area contributed by atoms with Crippen LogP contribution in [0.4, 0.5) is 0 Å². The third kappa shape index (κ3) is 2.67. The number of ketones is 1. The standard InChI is InChI=1S/C29H26O3/c30-26-17-10-19-29-27(26,20-18-25(31-29)22-11-4-1-5-12-22)21-28(32-29,23-13-6-2-7-14-23)24-15-8-3-9-16-24/h1-9,11-16,18H,10,17,19-21H2. The van der Waals surface area contributed by atoms with Crippen molar-refractivity contribution in [3.63, 3.8) is 0 Å². The topological polar surface area (TPSA) is 35.5 Å². The lowest BCUT2D eigenvalue weighted by Crippen LogP contribution is -2.55. The monoisotopic (exact) mass is 422 g/mol. The summed E-state index contributed by atoms with van der Waals surface area (Å²) < 4.78 is 13.9. The first-order valence-electron chi connectivity index (χ1n) is 11.5. The molecule has 3 aromatic rings. The fraction of sp³-hybridized carbons (Fsp3) is 0.276. The highest BCUT2D eigenvalue weighted by Crippen LogP contribution is 2.66. The van der Waals surface area contributed by atoms with Gasteiger partial charge in [0.2, 0.25) is 5.79 Å². The van der Waals surface area contributed by atoms with Crippen molar-refractivity contribution in [2.75, 3.05) is 0 Å². The molecule has 0 N–H and O–H groups in total. The molecule has 3 heteroatoms. The predicted molar refractivity (Wildman–Crippen MR) is 124 cm³/mol. The van der Waals surface area contributed by atoms with Crippen LogP contribution in [0, 0.1) is 5.41 Å². The number of rotatable bonds is 3. The molecule has 2 unspecified atom stereocenters. The molecule has 32 heavy (non-hydrogen) atoms. The summed E-state index contributed by atoms with van der Waals surface area (Å²) in [5, 5.41) is 0. The van der Waals surface area contributed by atoms with Gasteiger partial charge in [0.05, 0.1) is 0 Å². The van der Waals surface area contributed by atoms with E-state index in [2.05, 4.69) is 42.5 Å². The van der Waals surface area contributed by atoms with Gasteiger partial charge in [-0.1, -0.05) is 91.0 Å². The van der Waals surface area contributed by atoms with Gasteiger partial charge in [-0.2, -0.15) is 0 Å². The largest absolute Gasteiger partial charge is 0.461 e. The first kappa shape index (κ1) is 19.5. The highest BCUT2D eigenvalue weighted by molar-refractivity contribution is 5.89. The maximum absolute atomic E-state index is 13.6. The summed E-state index contributed by atoms with van der Waals surface area (Å²) in [7, 11) is 0. The number of benzene rings is 3. The average Bonchev–Trinajstić information content (AvgIpc) is 3.20. The minimum atomic E-state index is -0.964. The number of Topliss-reactive ketones (excluding diaryl/α,β-unsaturated/α-hetero) is 1. The van der Waals surface area contributed by atoms with E-state index in [0.717, 1.165) is 28.9 Å². The number of allylic oxidation sites excluding steroid dienone is 1. The van der Waals surface area contributed by atoms with Crippen molar-refractivity contribution >= 4 is 11.5 Å². The van der Waals surface area contributed by atoms with Gasteiger partial charge < -0.3 is 9.47 Å². The van der Waals surface area contributed by atoms with Gasteiger partial charge in [-0.3, -0.25) is 4.79 Å². The van der Waals surface area contributed by atoms with Gasteiger partial charge in [-0.15, -0.1) is 0 Å². The molecule has 2 aliphatic heterocycles. The number of carbonyl (C=O) groups is 1. The Labute approximate surface area is 188 Å². The summed E-state index contributed by atoms with van der Waals surface area (Å²) in [6.07, 6.45) is 5.41. The molecule has 2 heterocycles. The number of hydrogen-bond acceptors (Lipinski definition) is 3. The summed E-state index contributed by atoms with van der Waals surface area (Å²) in [6, 6.07) is 30.8. The van der Waals surface area contributed by atoms with Crippen LogP contribution in [0.3, 0.4) is 0 Å². The smallest absolute Gasteiger partial charge is 0.224 e. The van der Waals surface area contributed by atoms with E-state index in [9.17, 15) is 4.79 Å². The maximum Gasteiger partial charge on any atom is 0.224 e. The van der Waals surface area contributed by atoms with E-state index in [0.29, 0.717) is 25.7 Å². The van der Waals surface area contributed by atoms with E-state index in [4.69, 9.17) is 9.47 Å². The third-order valence-corrected chi connectivity index (χ3v) is 7.51. The summed E-state index contributed by atoms with van der Waals surface area (Å²) in [5.74, 6) is 0.113. The van der Waals surface area contributed by atoms with Gasteiger partial charge in [0.25, 0.3) is 0 Å². The highest BCUT2D eigenvalue weighted by atomic mass is 16.7. The number of carbonyl (C=O) groups excluding carboxylic acids is 1. The summed E-state index contributed by atoms with van der Waals surface area (Å²) in [5.41, 5.74) is 1.74. The molecule has 0 bridgehead atoms. The van der Waals surface area contributed by atoms with Gasteiger partial charge in [-0.05, 0) is 30.0 Å². The lowest BCUT2D eigenvalue weighted by atomic mass is 9.61. The van der Waals surface area contributed by atoms with Crippen LogP contribution in [0.15, 0.2) is 97.1 Å². The Morgan fingerprint density at radius 2 is 1.34 bits per heavy atom. The van der Waals surface area contributed by atoms with Crippen molar-refractivity contribution in [1.29, 1.82) is 0 Å². The summed E-state index contributed by atoms with van der Waals surface area (Å²) in [4.78, 5) is 13.6. The Balaban J connectivity index is 1.54. The fourth-order valence-corrected chi connectivity index (χ4v) is 5.98. The molecule has 1 saturated carbocycles. The van der Waals surface area contributed by atoms with Crippen molar-refractivity contribution in [1.82, 2.24) is 0 Å². The van der Waals surface area contributed by atoms with E-state index in [-0.39, 0.29) is 5.78 Å². The van der Waals surface area contributed by atoms with Crippen molar-refractivity contribution in [3.05, 3.63) is 114 Å². The zero-order chi connectivity index (χ0) is 21.7. The van der Waals surface area contributed by atoms with Crippen LogP contribution in [-0.4, -0.2) is 11.6 Å². The maximum atomic E-state index is 13.6. The highest BCUT2D eigenvalue weighted by Gasteiger charge is 2.72. The average molecular weight is 423 g/mol. The van der Waals surface area contributed by atoms with Crippen LogP contribution in [0.2, 0.25) is 0 Å². The van der Waals surface area contributed by atoms with Gasteiger partial charge in [0, 0.05) is 24.8 Å². The normalized spacial score (nSPS) is 28.2. The second-order valence-corrected chi connectivity index (χ2v) is 9.19. The predicted octanol–water partition coefficient (Wildman–Crippen LogP) is 6.25. The zero-order valence-corrected chi connectivity index (χ0v) is 18.0. The molecule has 1 saturated heterocycles. The summed E-state index contributed by atoms with van der Waals surface area (Å²) >= 11 is 0. The third-order valence-electron chi connectivity index (χ3n) is 7.51. The number of ether oxygens (including phenoxy) is 2. The van der Waals surface area contributed by atoms with Crippen molar-refractivity contribution in [3.8, 4) is 0 Å². The van der Waals surface area contributed by atoms with Crippen molar-refractivity contribution in [2.24, 2.45) is 5.41 Å². The molecule has 0 spiro atoms. The zero-order valence-electron chi connectivity index (χ0n) is 18.0. The Hall–Kier alpha value is -3.17. The Morgan fingerprint density at radius 3 is 1.97 bits per heavy atom. The minimum absolute atomic E-state index is 0.265. The molecule has 1 aliphatic carbocycles. The summed E-state index contributed by atoms with van der Waals surface area (Å²) in [6.45, 7) is 0. The molecule has 2 atom stereocenters. The first-order valence-corrected chi connectivity index (χ1v) is 11.5. The molecular weight excluding hydrogens is 396 g/mol. The SMILES string of the molecule is O=C1CCCC23OC(c4ccccc4)=CCC12CC(c1ccccc1)(c1ccccc1)O3. The Morgan fingerprint density at radius 1 is 0.750 bits per heavy atom. The number of hydrogen-bond donors (Lipinski definition) is 0. The van der Waals surface area contributed by atoms with E-state index < -0.39 is 16.8 Å². The lowest BCUT2D eigenvalue weighted by molar-refractivity contribution is -0.261. The van der Waals surface area contributed by atoms with Crippen molar-refractivity contribution < 1.29 is 14.3 Å². The molecule has 2 fully saturated rings. The van der Waals surface area contributed by atoms with E-state index in [1.165, 1.54) is 0 Å². The molecule has 0 aromatic heterocycles. The molecule has 0 amide bonds.